The second-order valence-electron chi connectivity index (χ2n) is 7.37. The molecule has 0 saturated carbocycles. The van der Waals surface area contributed by atoms with Crippen LogP contribution in [0.5, 0.6) is 0 Å². The lowest BCUT2D eigenvalue weighted by Gasteiger charge is -2.56. The van der Waals surface area contributed by atoms with E-state index in [4.69, 9.17) is 4.74 Å². The van der Waals surface area contributed by atoms with E-state index >= 15 is 0 Å². The van der Waals surface area contributed by atoms with Crippen molar-refractivity contribution >= 4 is 5.91 Å². The Bertz CT molecular complexity index is 481. The van der Waals surface area contributed by atoms with Gasteiger partial charge in [-0.05, 0) is 38.1 Å². The van der Waals surface area contributed by atoms with Crippen LogP contribution in [0.1, 0.15) is 39.5 Å². The summed E-state index contributed by atoms with van der Waals surface area (Å²) >= 11 is 0. The fraction of sp³-hybridized carbons (Fsp3) is 0.824. The smallest absolute Gasteiger partial charge is 0.220 e. The van der Waals surface area contributed by atoms with E-state index in [1.54, 1.807) is 6.92 Å². The third-order valence-electron chi connectivity index (χ3n) is 6.39. The Labute approximate surface area is 127 Å². The molecule has 1 amide bonds. The van der Waals surface area contributed by atoms with Gasteiger partial charge >= 0.3 is 0 Å². The standard InChI is InChI=1S/C17H26N2O2/c1-3-18-8-6-16(7-9-18)11-14-10-15-4-5-17(14,21-15)12-19(16)13(2)20/h4-5,14-15H,3,6-12H2,1-2H3/t14-,15+,17+/m0/s1. The van der Waals surface area contributed by atoms with Gasteiger partial charge in [0.2, 0.25) is 5.91 Å². The predicted octanol–water partition coefficient (Wildman–Crippen LogP) is 1.81. The molecule has 2 bridgehead atoms. The highest BCUT2D eigenvalue weighted by molar-refractivity contribution is 5.74. The molecule has 0 N–H and O–H groups in total. The Balaban J connectivity index is 1.62. The van der Waals surface area contributed by atoms with Crippen molar-refractivity contribution in [1.82, 2.24) is 9.80 Å². The van der Waals surface area contributed by atoms with Crippen LogP contribution in [-0.4, -0.2) is 59.1 Å². The number of amides is 1. The van der Waals surface area contributed by atoms with Crippen molar-refractivity contribution in [1.29, 1.82) is 0 Å². The van der Waals surface area contributed by atoms with Crippen LogP contribution in [0.15, 0.2) is 12.2 Å². The van der Waals surface area contributed by atoms with Gasteiger partial charge in [0.05, 0.1) is 12.6 Å². The molecule has 0 aromatic heterocycles. The Morgan fingerprint density at radius 1 is 1.38 bits per heavy atom. The SMILES string of the molecule is CCN1CCC2(CC1)C[C@@H]1C[C@H]3C=C[C@]1(CN2C(C)=O)O3. The van der Waals surface area contributed by atoms with E-state index in [9.17, 15) is 4.79 Å². The first-order chi connectivity index (χ1) is 10.1. The molecule has 21 heavy (non-hydrogen) atoms. The number of nitrogens with zero attached hydrogens (tertiary/aromatic N) is 2. The Hall–Kier alpha value is -0.870. The van der Waals surface area contributed by atoms with Crippen molar-refractivity contribution in [3.63, 3.8) is 0 Å². The lowest BCUT2D eigenvalue weighted by atomic mass is 9.67. The largest absolute Gasteiger partial charge is 0.361 e. The predicted molar refractivity (Wildman–Crippen MR) is 80.9 cm³/mol. The third kappa shape index (κ3) is 1.92. The number of hydrogen-bond acceptors (Lipinski definition) is 3. The van der Waals surface area contributed by atoms with Crippen molar-refractivity contribution in [3.8, 4) is 0 Å². The second-order valence-corrected chi connectivity index (χ2v) is 7.37. The maximum Gasteiger partial charge on any atom is 0.220 e. The molecular weight excluding hydrogens is 264 g/mol. The molecule has 0 aromatic rings. The zero-order valence-electron chi connectivity index (χ0n) is 13.2. The highest BCUT2D eigenvalue weighted by Gasteiger charge is 2.59. The maximum atomic E-state index is 12.3. The molecule has 4 aliphatic rings. The summed E-state index contributed by atoms with van der Waals surface area (Å²) in [6.07, 6.45) is 9.28. The van der Waals surface area contributed by atoms with Gasteiger partial charge in [0.1, 0.15) is 5.60 Å². The Morgan fingerprint density at radius 2 is 2.14 bits per heavy atom. The second kappa shape index (κ2) is 4.56. The summed E-state index contributed by atoms with van der Waals surface area (Å²) in [5.74, 6) is 0.830. The summed E-state index contributed by atoms with van der Waals surface area (Å²) in [5.41, 5.74) is -0.0709. The Morgan fingerprint density at radius 3 is 2.76 bits per heavy atom. The molecule has 3 fully saturated rings. The number of hydrogen-bond donors (Lipinski definition) is 0. The van der Waals surface area contributed by atoms with Crippen LogP contribution >= 0.6 is 0 Å². The lowest BCUT2D eigenvalue weighted by Crippen LogP contribution is -2.66. The summed E-state index contributed by atoms with van der Waals surface area (Å²) in [6.45, 7) is 8.10. The van der Waals surface area contributed by atoms with Crippen molar-refractivity contribution in [3.05, 3.63) is 12.2 Å². The number of likely N-dealkylation sites (tertiary alicyclic amines) is 2. The molecule has 3 saturated heterocycles. The quantitative estimate of drug-likeness (QED) is 0.691. The molecule has 4 heterocycles. The van der Waals surface area contributed by atoms with E-state index in [0.29, 0.717) is 12.0 Å². The maximum absolute atomic E-state index is 12.3. The van der Waals surface area contributed by atoms with Crippen LogP contribution in [0.2, 0.25) is 0 Å². The first-order valence-electron chi connectivity index (χ1n) is 8.45. The molecule has 4 rings (SSSR count). The van der Waals surface area contributed by atoms with Crippen LogP contribution in [0, 0.1) is 5.92 Å². The van der Waals surface area contributed by atoms with E-state index in [1.165, 1.54) is 0 Å². The van der Waals surface area contributed by atoms with E-state index < -0.39 is 0 Å². The van der Waals surface area contributed by atoms with Crippen molar-refractivity contribution < 1.29 is 9.53 Å². The minimum Gasteiger partial charge on any atom is -0.361 e. The van der Waals surface area contributed by atoms with Crippen LogP contribution < -0.4 is 0 Å². The van der Waals surface area contributed by atoms with Crippen LogP contribution in [0.3, 0.4) is 0 Å². The van der Waals surface area contributed by atoms with Gasteiger partial charge < -0.3 is 14.5 Å². The molecule has 116 valence electrons. The minimum absolute atomic E-state index is 0.0924. The summed E-state index contributed by atoms with van der Waals surface area (Å²) in [6, 6.07) is 0. The number of ether oxygens (including phenoxy) is 1. The zero-order valence-corrected chi connectivity index (χ0v) is 13.2. The highest BCUT2D eigenvalue weighted by Crippen LogP contribution is 2.53. The number of fused-ring (bicyclic) bond motifs is 1. The van der Waals surface area contributed by atoms with Gasteiger partial charge in [-0.15, -0.1) is 0 Å². The normalized spacial score (nSPS) is 40.8. The fourth-order valence-electron chi connectivity index (χ4n) is 5.13. The van der Waals surface area contributed by atoms with E-state index in [1.807, 2.05) is 0 Å². The van der Waals surface area contributed by atoms with Crippen molar-refractivity contribution in [2.75, 3.05) is 26.2 Å². The summed E-state index contributed by atoms with van der Waals surface area (Å²) in [5, 5.41) is 0. The summed E-state index contributed by atoms with van der Waals surface area (Å²) < 4.78 is 6.21. The van der Waals surface area contributed by atoms with Gasteiger partial charge in [-0.2, -0.15) is 0 Å². The molecule has 4 nitrogen and oxygen atoms in total. The minimum atomic E-state index is -0.163. The van der Waals surface area contributed by atoms with Gasteiger partial charge in [0.25, 0.3) is 0 Å². The highest BCUT2D eigenvalue weighted by atomic mass is 16.5. The van der Waals surface area contributed by atoms with E-state index in [2.05, 4.69) is 28.9 Å². The van der Waals surface area contributed by atoms with Crippen molar-refractivity contribution in [2.24, 2.45) is 5.92 Å². The van der Waals surface area contributed by atoms with Gasteiger partial charge in [-0.3, -0.25) is 4.79 Å². The molecule has 0 aromatic carbocycles. The van der Waals surface area contributed by atoms with E-state index in [-0.39, 0.29) is 17.0 Å². The summed E-state index contributed by atoms with van der Waals surface area (Å²) in [4.78, 5) is 17.0. The molecule has 4 heteroatoms. The average Bonchev–Trinajstić information content (AvgIpc) is 3.03. The molecule has 0 unspecified atom stereocenters. The van der Waals surface area contributed by atoms with Gasteiger partial charge in [0.15, 0.2) is 0 Å². The van der Waals surface area contributed by atoms with Crippen LogP contribution in [0.4, 0.5) is 0 Å². The lowest BCUT2D eigenvalue weighted by molar-refractivity contribution is -0.154. The first-order valence-corrected chi connectivity index (χ1v) is 8.45. The molecular formula is C17H26N2O2. The number of piperidine rings is 2. The van der Waals surface area contributed by atoms with Gasteiger partial charge in [-0.1, -0.05) is 19.1 Å². The summed E-state index contributed by atoms with van der Waals surface area (Å²) in [7, 11) is 0. The van der Waals surface area contributed by atoms with Gasteiger partial charge in [-0.25, -0.2) is 0 Å². The Kier molecular flexibility index (Phi) is 2.99. The molecule has 2 spiro atoms. The molecule has 0 aliphatic carbocycles. The van der Waals surface area contributed by atoms with Crippen molar-refractivity contribution in [2.45, 2.75) is 56.8 Å². The molecule has 4 aliphatic heterocycles. The first kappa shape index (κ1) is 13.8. The monoisotopic (exact) mass is 290 g/mol. The number of carbonyl (C=O) groups is 1. The number of carbonyl (C=O) groups excluding carboxylic acids is 1. The molecule has 0 radical (unpaired) electrons. The zero-order chi connectivity index (χ0) is 14.7. The fourth-order valence-corrected chi connectivity index (χ4v) is 5.13. The average molecular weight is 290 g/mol. The van der Waals surface area contributed by atoms with Gasteiger partial charge in [0, 0.05) is 25.6 Å². The van der Waals surface area contributed by atoms with E-state index in [0.717, 1.165) is 51.9 Å². The van der Waals surface area contributed by atoms with Crippen LogP contribution in [0.25, 0.3) is 0 Å². The molecule has 3 atom stereocenters. The number of rotatable bonds is 1. The van der Waals surface area contributed by atoms with Crippen LogP contribution in [-0.2, 0) is 9.53 Å². The topological polar surface area (TPSA) is 32.8 Å². The third-order valence-corrected chi connectivity index (χ3v) is 6.39.